The number of alkyl carbamates (subject to hydrolysis) is 1. The lowest BCUT2D eigenvalue weighted by Gasteiger charge is -2.45. The van der Waals surface area contributed by atoms with Crippen molar-refractivity contribution >= 4 is 35.9 Å². The summed E-state index contributed by atoms with van der Waals surface area (Å²) in [7, 11) is 0. The van der Waals surface area contributed by atoms with E-state index in [2.05, 4.69) is 10.6 Å². The third-order valence-corrected chi connectivity index (χ3v) is 8.64. The van der Waals surface area contributed by atoms with E-state index in [1.165, 1.54) is 6.92 Å². The molecule has 6 atom stereocenters. The first-order valence-corrected chi connectivity index (χ1v) is 17.2. The second-order valence-electron chi connectivity index (χ2n) is 12.7. The Morgan fingerprint density at radius 2 is 1.28 bits per heavy atom. The molecule has 1 heterocycles. The van der Waals surface area contributed by atoms with Gasteiger partial charge in [-0.1, -0.05) is 78.9 Å². The van der Waals surface area contributed by atoms with Crippen LogP contribution in [0.4, 0.5) is 4.79 Å². The van der Waals surface area contributed by atoms with Crippen LogP contribution < -0.4 is 10.6 Å². The molecule has 0 bridgehead atoms. The van der Waals surface area contributed by atoms with Gasteiger partial charge in [0.2, 0.25) is 5.91 Å². The van der Waals surface area contributed by atoms with Crippen LogP contribution >= 0.6 is 0 Å². The van der Waals surface area contributed by atoms with Gasteiger partial charge in [0.15, 0.2) is 24.5 Å². The van der Waals surface area contributed by atoms with Crippen molar-refractivity contribution in [1.82, 2.24) is 10.6 Å². The van der Waals surface area contributed by atoms with Crippen molar-refractivity contribution in [1.29, 1.82) is 0 Å². The molecule has 286 valence electrons. The number of carbonyl (C=O) groups excluding carboxylic acids is 6. The van der Waals surface area contributed by atoms with Crippen molar-refractivity contribution in [2.75, 3.05) is 19.8 Å². The Labute approximate surface area is 311 Å². The number of amides is 2. The molecule has 2 amide bonds. The van der Waals surface area contributed by atoms with E-state index in [0.717, 1.165) is 43.0 Å². The fraction of sp³-hybridized carbons (Fsp3) is 0.385. The summed E-state index contributed by atoms with van der Waals surface area (Å²) in [5.41, 5.74) is 4.74. The first-order valence-electron chi connectivity index (χ1n) is 17.2. The molecule has 0 spiro atoms. The Balaban J connectivity index is 1.36. The largest absolute Gasteiger partial charge is 0.463 e. The van der Waals surface area contributed by atoms with Gasteiger partial charge in [0.05, 0.1) is 6.61 Å². The lowest BCUT2D eigenvalue weighted by molar-refractivity contribution is -0.278. The van der Waals surface area contributed by atoms with Crippen LogP contribution in [0.1, 0.15) is 50.3 Å². The second kappa shape index (κ2) is 18.3. The van der Waals surface area contributed by atoms with Crippen LogP contribution in [-0.4, -0.2) is 92.4 Å². The summed E-state index contributed by atoms with van der Waals surface area (Å²) >= 11 is 0. The maximum atomic E-state index is 13.5. The van der Waals surface area contributed by atoms with Crippen molar-refractivity contribution in [2.45, 2.75) is 76.9 Å². The molecular weight excluding hydrogens is 704 g/mol. The molecule has 0 aromatic heterocycles. The van der Waals surface area contributed by atoms with E-state index in [0.29, 0.717) is 5.56 Å². The van der Waals surface area contributed by atoms with Crippen molar-refractivity contribution in [3.8, 4) is 11.1 Å². The molecular formula is C39H42N2O13. The number of esters is 4. The molecule has 1 fully saturated rings. The molecule has 5 rings (SSSR count). The first-order chi connectivity index (χ1) is 25.9. The number of fused-ring (bicyclic) bond motifs is 3. The topological polar surface area (TPSA) is 191 Å². The third kappa shape index (κ3) is 10.2. The molecule has 1 saturated heterocycles. The number of carbonyl (C=O) groups is 6. The average molecular weight is 747 g/mol. The molecule has 15 heteroatoms. The Kier molecular flexibility index (Phi) is 13.4. The zero-order chi connectivity index (χ0) is 38.8. The summed E-state index contributed by atoms with van der Waals surface area (Å²) in [6.45, 7) is 3.35. The van der Waals surface area contributed by atoms with Crippen LogP contribution in [0.25, 0.3) is 11.1 Å². The number of hydrogen-bond donors (Lipinski definition) is 2. The fourth-order valence-electron chi connectivity index (χ4n) is 6.40. The van der Waals surface area contributed by atoms with Crippen molar-refractivity contribution < 1.29 is 61.9 Å². The highest BCUT2D eigenvalue weighted by atomic mass is 16.7. The number of nitrogens with one attached hydrogen (secondary N) is 2. The van der Waals surface area contributed by atoms with E-state index in [1.54, 1.807) is 30.3 Å². The highest BCUT2D eigenvalue weighted by molar-refractivity contribution is 5.82. The van der Waals surface area contributed by atoms with E-state index in [1.807, 2.05) is 48.5 Å². The van der Waals surface area contributed by atoms with E-state index < -0.39 is 85.8 Å². The van der Waals surface area contributed by atoms with Gasteiger partial charge in [-0.3, -0.25) is 19.2 Å². The molecule has 15 nitrogen and oxygen atoms in total. The molecule has 3 aromatic rings. The summed E-state index contributed by atoms with van der Waals surface area (Å²) < 4.78 is 39.3. The normalized spacial score (nSPS) is 20.6. The SMILES string of the molecule is CC(=O)N[C@@H]1[C@H](OCC(NC(=O)OCC2c3ccccc3-c3ccccc32)C(=O)OCc2ccccc2)O[C@H](COC(C)=O)[C@H](OC(C)=O)[C@@H]1OC(C)=O. The van der Waals surface area contributed by atoms with E-state index >= 15 is 0 Å². The van der Waals surface area contributed by atoms with Gasteiger partial charge in [0.1, 0.15) is 32.0 Å². The van der Waals surface area contributed by atoms with Crippen LogP contribution in [0, 0.1) is 0 Å². The molecule has 0 saturated carbocycles. The van der Waals surface area contributed by atoms with Crippen LogP contribution in [0.5, 0.6) is 0 Å². The molecule has 1 aliphatic heterocycles. The fourth-order valence-corrected chi connectivity index (χ4v) is 6.40. The highest BCUT2D eigenvalue weighted by Gasteiger charge is 2.51. The van der Waals surface area contributed by atoms with Crippen molar-refractivity contribution in [3.05, 3.63) is 95.6 Å². The Morgan fingerprint density at radius 1 is 0.685 bits per heavy atom. The van der Waals surface area contributed by atoms with E-state index in [-0.39, 0.29) is 19.1 Å². The lowest BCUT2D eigenvalue weighted by atomic mass is 9.96. The predicted molar refractivity (Wildman–Crippen MR) is 188 cm³/mol. The van der Waals surface area contributed by atoms with Crippen LogP contribution in [-0.2, 0) is 63.7 Å². The van der Waals surface area contributed by atoms with E-state index in [9.17, 15) is 28.8 Å². The first kappa shape index (κ1) is 39.4. The van der Waals surface area contributed by atoms with Gasteiger partial charge in [-0.05, 0) is 27.8 Å². The van der Waals surface area contributed by atoms with Gasteiger partial charge in [-0.15, -0.1) is 0 Å². The van der Waals surface area contributed by atoms with E-state index in [4.69, 9.17) is 33.2 Å². The summed E-state index contributed by atoms with van der Waals surface area (Å²) in [6, 6.07) is 21.7. The van der Waals surface area contributed by atoms with Crippen molar-refractivity contribution in [2.24, 2.45) is 0 Å². The summed E-state index contributed by atoms with van der Waals surface area (Å²) in [5.74, 6) is -3.98. The van der Waals surface area contributed by atoms with Crippen LogP contribution in [0.15, 0.2) is 78.9 Å². The van der Waals surface area contributed by atoms with Crippen LogP contribution in [0.3, 0.4) is 0 Å². The molecule has 2 aliphatic rings. The summed E-state index contributed by atoms with van der Waals surface area (Å²) in [6.07, 6.45) is -6.44. The molecule has 2 N–H and O–H groups in total. The molecule has 1 aliphatic carbocycles. The highest BCUT2D eigenvalue weighted by Crippen LogP contribution is 2.44. The Hall–Kier alpha value is -5.80. The lowest BCUT2D eigenvalue weighted by Crippen LogP contribution is -2.67. The predicted octanol–water partition coefficient (Wildman–Crippen LogP) is 3.31. The minimum atomic E-state index is -1.50. The maximum absolute atomic E-state index is 13.5. The Bertz CT molecular complexity index is 1790. The average Bonchev–Trinajstić information content (AvgIpc) is 3.46. The molecule has 54 heavy (non-hydrogen) atoms. The zero-order valence-corrected chi connectivity index (χ0v) is 30.2. The minimum Gasteiger partial charge on any atom is -0.463 e. The molecule has 3 aromatic carbocycles. The van der Waals surface area contributed by atoms with Gasteiger partial charge < -0.3 is 43.8 Å². The molecule has 1 unspecified atom stereocenters. The van der Waals surface area contributed by atoms with Gasteiger partial charge in [-0.25, -0.2) is 9.59 Å². The van der Waals surface area contributed by atoms with Crippen LogP contribution in [0.2, 0.25) is 0 Å². The zero-order valence-electron chi connectivity index (χ0n) is 30.2. The number of benzene rings is 3. The molecule has 0 radical (unpaired) electrons. The standard InChI is InChI=1S/C39H42N2O13/c1-22(42)40-34-36(53-25(4)45)35(52-24(3)44)33(21-48-23(2)43)54-38(34)50-20-32(37(46)49-18-26-12-6-5-7-13-26)41-39(47)51-19-31-29-16-10-8-14-27(29)28-15-9-11-17-30(28)31/h5-17,31-36,38H,18-21H2,1-4H3,(H,40,42)(H,41,47)/t32?,33-,34+,35+,36-,38-/m1/s1. The number of rotatable bonds is 14. The van der Waals surface area contributed by atoms with Gasteiger partial charge >= 0.3 is 30.0 Å². The Morgan fingerprint density at radius 3 is 1.87 bits per heavy atom. The minimum absolute atomic E-state index is 0.0394. The maximum Gasteiger partial charge on any atom is 0.407 e. The number of ether oxygens (including phenoxy) is 7. The van der Waals surface area contributed by atoms with Gasteiger partial charge in [0, 0.05) is 33.6 Å². The smallest absolute Gasteiger partial charge is 0.407 e. The monoisotopic (exact) mass is 746 g/mol. The number of hydrogen-bond acceptors (Lipinski definition) is 13. The summed E-state index contributed by atoms with van der Waals surface area (Å²) in [4.78, 5) is 75.3. The quantitative estimate of drug-likeness (QED) is 0.181. The van der Waals surface area contributed by atoms with Gasteiger partial charge in [-0.2, -0.15) is 0 Å². The third-order valence-electron chi connectivity index (χ3n) is 8.64. The van der Waals surface area contributed by atoms with Gasteiger partial charge in [0.25, 0.3) is 0 Å². The second-order valence-corrected chi connectivity index (χ2v) is 12.7. The van der Waals surface area contributed by atoms with Crippen molar-refractivity contribution in [3.63, 3.8) is 0 Å². The summed E-state index contributed by atoms with van der Waals surface area (Å²) in [5, 5.41) is 5.11.